The molecule has 0 aliphatic carbocycles. The molecule has 1 aromatic heterocycles. The molecule has 0 unspecified atom stereocenters. The van der Waals surface area contributed by atoms with Crippen LogP contribution < -0.4 is 0 Å². The molecule has 1 heterocycles. The molecule has 0 aliphatic rings. The molecule has 0 atom stereocenters. The lowest BCUT2D eigenvalue weighted by molar-refractivity contribution is -0.384. The number of aromatic nitrogens is 2. The highest BCUT2D eigenvalue weighted by atomic mass is 16.6. The van der Waals surface area contributed by atoms with Crippen LogP contribution in [0, 0.1) is 10.1 Å². The smallest absolute Gasteiger partial charge is 0.271 e. The SMILES string of the molecule is [N-]=[N+]=NCCC=Cc1n[nH]c2cc([N+](=O)[O-])ccc12. The minimum absolute atomic E-state index is 0.0232. The summed E-state index contributed by atoms with van der Waals surface area (Å²) in [6.45, 7) is 0.390. The molecule has 0 spiro atoms. The predicted octanol–water partition coefficient (Wildman–Crippen LogP) is 3.18. The van der Waals surface area contributed by atoms with Crippen molar-refractivity contribution in [1.82, 2.24) is 10.2 Å². The molecule has 8 nitrogen and oxygen atoms in total. The average Bonchev–Trinajstić information content (AvgIpc) is 2.81. The van der Waals surface area contributed by atoms with Gasteiger partial charge in [-0.25, -0.2) is 0 Å². The van der Waals surface area contributed by atoms with E-state index in [1.807, 2.05) is 6.08 Å². The van der Waals surface area contributed by atoms with Crippen LogP contribution in [0.4, 0.5) is 5.69 Å². The predicted molar refractivity (Wildman–Crippen MR) is 70.4 cm³/mol. The van der Waals surface area contributed by atoms with Crippen LogP contribution in [-0.4, -0.2) is 21.7 Å². The summed E-state index contributed by atoms with van der Waals surface area (Å²) in [5.74, 6) is 0. The van der Waals surface area contributed by atoms with E-state index in [1.165, 1.54) is 12.1 Å². The summed E-state index contributed by atoms with van der Waals surface area (Å²) in [4.78, 5) is 12.8. The van der Waals surface area contributed by atoms with Gasteiger partial charge in [-0.2, -0.15) is 5.10 Å². The maximum atomic E-state index is 10.6. The molecule has 1 N–H and O–H groups in total. The molecule has 0 radical (unpaired) electrons. The van der Waals surface area contributed by atoms with E-state index >= 15 is 0 Å². The number of nitrogens with zero attached hydrogens (tertiary/aromatic N) is 5. The van der Waals surface area contributed by atoms with Crippen LogP contribution in [0.15, 0.2) is 29.4 Å². The molecular weight excluding hydrogens is 248 g/mol. The maximum absolute atomic E-state index is 10.6. The number of nitrogens with one attached hydrogen (secondary N) is 1. The number of fused-ring (bicyclic) bond motifs is 1. The fourth-order valence-electron chi connectivity index (χ4n) is 1.64. The third-order valence-electron chi connectivity index (χ3n) is 2.52. The lowest BCUT2D eigenvalue weighted by Crippen LogP contribution is -1.86. The monoisotopic (exact) mass is 258 g/mol. The van der Waals surface area contributed by atoms with Crippen molar-refractivity contribution in [1.29, 1.82) is 0 Å². The lowest BCUT2D eigenvalue weighted by atomic mass is 10.2. The summed E-state index contributed by atoms with van der Waals surface area (Å²) in [7, 11) is 0. The number of hydrogen-bond donors (Lipinski definition) is 1. The molecule has 96 valence electrons. The zero-order chi connectivity index (χ0) is 13.7. The summed E-state index contributed by atoms with van der Waals surface area (Å²) < 4.78 is 0. The van der Waals surface area contributed by atoms with Crippen LogP contribution in [0.25, 0.3) is 27.4 Å². The summed E-state index contributed by atoms with van der Waals surface area (Å²) in [6, 6.07) is 4.54. The van der Waals surface area contributed by atoms with Gasteiger partial charge in [0, 0.05) is 29.0 Å². The van der Waals surface area contributed by atoms with Crippen LogP contribution in [0.3, 0.4) is 0 Å². The van der Waals surface area contributed by atoms with E-state index in [0.717, 1.165) is 5.39 Å². The largest absolute Gasteiger partial charge is 0.277 e. The van der Waals surface area contributed by atoms with Crippen molar-refractivity contribution in [3.05, 3.63) is 50.5 Å². The molecule has 19 heavy (non-hydrogen) atoms. The number of H-pyrrole nitrogens is 1. The molecule has 0 fully saturated rings. The van der Waals surface area contributed by atoms with Crippen molar-refractivity contribution in [2.75, 3.05) is 6.54 Å². The number of benzene rings is 1. The zero-order valence-corrected chi connectivity index (χ0v) is 9.85. The Morgan fingerprint density at radius 2 is 2.42 bits per heavy atom. The number of nitro benzene ring substituents is 1. The Bertz CT molecular complexity index is 684. The highest BCUT2D eigenvalue weighted by Gasteiger charge is 2.09. The van der Waals surface area contributed by atoms with E-state index in [2.05, 4.69) is 20.2 Å². The molecule has 0 saturated heterocycles. The van der Waals surface area contributed by atoms with Crippen molar-refractivity contribution < 1.29 is 4.92 Å². The van der Waals surface area contributed by atoms with Crippen LogP contribution in [0.5, 0.6) is 0 Å². The van der Waals surface area contributed by atoms with Gasteiger partial charge in [0.05, 0.1) is 16.1 Å². The van der Waals surface area contributed by atoms with Crippen LogP contribution in [-0.2, 0) is 0 Å². The highest BCUT2D eigenvalue weighted by molar-refractivity contribution is 5.88. The van der Waals surface area contributed by atoms with Gasteiger partial charge < -0.3 is 0 Å². The topological polar surface area (TPSA) is 121 Å². The Kier molecular flexibility index (Phi) is 3.75. The summed E-state index contributed by atoms with van der Waals surface area (Å²) in [5.41, 5.74) is 9.46. The molecule has 0 aliphatic heterocycles. The third kappa shape index (κ3) is 2.88. The van der Waals surface area contributed by atoms with Gasteiger partial charge in [-0.3, -0.25) is 15.2 Å². The van der Waals surface area contributed by atoms with E-state index in [0.29, 0.717) is 24.2 Å². The number of nitro groups is 1. The highest BCUT2D eigenvalue weighted by Crippen LogP contribution is 2.22. The molecular formula is C11H10N6O2. The molecule has 8 heteroatoms. The Morgan fingerprint density at radius 1 is 1.58 bits per heavy atom. The van der Waals surface area contributed by atoms with E-state index in [1.54, 1.807) is 12.1 Å². The van der Waals surface area contributed by atoms with Crippen molar-refractivity contribution in [3.63, 3.8) is 0 Å². The zero-order valence-electron chi connectivity index (χ0n) is 9.85. The number of aromatic amines is 1. The van der Waals surface area contributed by atoms with Gasteiger partial charge in [0.15, 0.2) is 0 Å². The van der Waals surface area contributed by atoms with Crippen molar-refractivity contribution >= 4 is 22.7 Å². The van der Waals surface area contributed by atoms with Crippen molar-refractivity contribution in [3.8, 4) is 0 Å². The van der Waals surface area contributed by atoms with E-state index < -0.39 is 4.92 Å². The van der Waals surface area contributed by atoms with E-state index in [4.69, 9.17) is 5.53 Å². The Hall–Kier alpha value is -2.86. The molecule has 2 rings (SSSR count). The minimum Gasteiger partial charge on any atom is -0.277 e. The normalized spacial score (nSPS) is 10.7. The van der Waals surface area contributed by atoms with E-state index in [9.17, 15) is 10.1 Å². The Labute approximate surface area is 107 Å². The minimum atomic E-state index is -0.449. The molecule has 0 bridgehead atoms. The van der Waals surface area contributed by atoms with Gasteiger partial charge in [0.2, 0.25) is 0 Å². The van der Waals surface area contributed by atoms with Gasteiger partial charge >= 0.3 is 0 Å². The quantitative estimate of drug-likeness (QED) is 0.221. The third-order valence-corrected chi connectivity index (χ3v) is 2.52. The van der Waals surface area contributed by atoms with Gasteiger partial charge in [-0.1, -0.05) is 11.2 Å². The first-order valence-electron chi connectivity index (χ1n) is 5.52. The van der Waals surface area contributed by atoms with Crippen LogP contribution in [0.1, 0.15) is 12.1 Å². The van der Waals surface area contributed by atoms with Gasteiger partial charge in [0.25, 0.3) is 5.69 Å². The number of rotatable bonds is 5. The van der Waals surface area contributed by atoms with Gasteiger partial charge in [-0.05, 0) is 24.1 Å². The van der Waals surface area contributed by atoms with Gasteiger partial charge in [-0.15, -0.1) is 0 Å². The number of non-ortho nitro benzene ring substituents is 1. The summed E-state index contributed by atoms with van der Waals surface area (Å²) in [5, 5.41) is 21.7. The first-order valence-corrected chi connectivity index (χ1v) is 5.52. The lowest BCUT2D eigenvalue weighted by Gasteiger charge is -1.92. The fourth-order valence-corrected chi connectivity index (χ4v) is 1.64. The molecule has 1 aromatic carbocycles. The van der Waals surface area contributed by atoms with Crippen LogP contribution >= 0.6 is 0 Å². The standard InChI is InChI=1S/C11H10N6O2/c12-16-13-6-2-1-3-10-9-5-4-8(17(18)19)7-11(9)15-14-10/h1,3-5,7H,2,6H2,(H,14,15). The van der Waals surface area contributed by atoms with Crippen LogP contribution in [0.2, 0.25) is 0 Å². The first kappa shape index (κ1) is 12.6. The Morgan fingerprint density at radius 3 is 3.16 bits per heavy atom. The fraction of sp³-hybridized carbons (Fsp3) is 0.182. The number of hydrogen-bond acceptors (Lipinski definition) is 4. The molecule has 0 saturated carbocycles. The summed E-state index contributed by atoms with van der Waals surface area (Å²) in [6.07, 6.45) is 4.24. The molecule has 2 aromatic rings. The second kappa shape index (κ2) is 5.65. The Balaban J connectivity index is 2.21. The molecule has 0 amide bonds. The number of azide groups is 1. The first-order chi connectivity index (χ1) is 9.22. The van der Waals surface area contributed by atoms with Gasteiger partial charge in [0.1, 0.15) is 0 Å². The van der Waals surface area contributed by atoms with Crippen molar-refractivity contribution in [2.45, 2.75) is 6.42 Å². The van der Waals surface area contributed by atoms with E-state index in [-0.39, 0.29) is 5.69 Å². The van der Waals surface area contributed by atoms with Crippen molar-refractivity contribution in [2.24, 2.45) is 5.11 Å². The second-order valence-electron chi connectivity index (χ2n) is 3.74. The average molecular weight is 258 g/mol. The maximum Gasteiger partial charge on any atom is 0.271 e. The summed E-state index contributed by atoms with van der Waals surface area (Å²) >= 11 is 0. The second-order valence-corrected chi connectivity index (χ2v) is 3.74.